The summed E-state index contributed by atoms with van der Waals surface area (Å²) < 4.78 is 5.65. The molecule has 0 aromatic heterocycles. The number of morpholine rings is 1. The molecule has 2 fully saturated rings. The Balaban J connectivity index is 1.89. The van der Waals surface area contributed by atoms with E-state index in [0.717, 1.165) is 26.2 Å². The lowest BCUT2D eigenvalue weighted by molar-refractivity contribution is -0.107. The molecule has 0 bridgehead atoms. The van der Waals surface area contributed by atoms with Crippen molar-refractivity contribution >= 4 is 0 Å². The minimum atomic E-state index is 0.0173. The average Bonchev–Trinajstić information content (AvgIpc) is 2.29. The third-order valence-electron chi connectivity index (χ3n) is 3.38. The van der Waals surface area contributed by atoms with Crippen LogP contribution in [0, 0.1) is 0 Å². The third-order valence-corrected chi connectivity index (χ3v) is 3.38. The van der Waals surface area contributed by atoms with Gasteiger partial charge >= 0.3 is 0 Å². The van der Waals surface area contributed by atoms with E-state index in [0.29, 0.717) is 6.04 Å². The SMILES string of the molecule is CC1CN(C2CCNCC2)CC(CO)O1. The summed E-state index contributed by atoms with van der Waals surface area (Å²) in [5.41, 5.74) is 0. The van der Waals surface area contributed by atoms with E-state index in [2.05, 4.69) is 17.1 Å². The van der Waals surface area contributed by atoms with E-state index in [1.807, 2.05) is 0 Å². The number of hydrogen-bond donors (Lipinski definition) is 2. The fourth-order valence-corrected chi connectivity index (χ4v) is 2.65. The molecule has 2 rings (SSSR count). The molecular formula is C11H22N2O2. The van der Waals surface area contributed by atoms with Crippen molar-refractivity contribution in [3.63, 3.8) is 0 Å². The zero-order valence-corrected chi connectivity index (χ0v) is 9.48. The summed E-state index contributed by atoms with van der Waals surface area (Å²) in [5.74, 6) is 0. The van der Waals surface area contributed by atoms with E-state index in [1.165, 1.54) is 12.8 Å². The highest BCUT2D eigenvalue weighted by Gasteiger charge is 2.30. The monoisotopic (exact) mass is 214 g/mol. The number of aliphatic hydroxyl groups is 1. The second-order valence-electron chi connectivity index (χ2n) is 4.69. The highest BCUT2D eigenvalue weighted by molar-refractivity contribution is 4.84. The maximum absolute atomic E-state index is 9.16. The first kappa shape index (κ1) is 11.3. The van der Waals surface area contributed by atoms with Gasteiger partial charge in [0.05, 0.1) is 18.8 Å². The molecule has 0 aliphatic carbocycles. The van der Waals surface area contributed by atoms with Crippen LogP contribution in [0.15, 0.2) is 0 Å². The van der Waals surface area contributed by atoms with Gasteiger partial charge in [0.15, 0.2) is 0 Å². The quantitative estimate of drug-likeness (QED) is 0.669. The number of piperidine rings is 1. The van der Waals surface area contributed by atoms with Crippen LogP contribution in [0.1, 0.15) is 19.8 Å². The molecule has 2 aliphatic rings. The van der Waals surface area contributed by atoms with Crippen molar-refractivity contribution in [3.8, 4) is 0 Å². The van der Waals surface area contributed by atoms with Crippen LogP contribution in [0.3, 0.4) is 0 Å². The fraction of sp³-hybridized carbons (Fsp3) is 1.00. The van der Waals surface area contributed by atoms with Crippen LogP contribution < -0.4 is 5.32 Å². The van der Waals surface area contributed by atoms with Gasteiger partial charge in [0.1, 0.15) is 0 Å². The maximum atomic E-state index is 9.16. The van der Waals surface area contributed by atoms with Gasteiger partial charge in [0, 0.05) is 19.1 Å². The molecule has 4 nitrogen and oxygen atoms in total. The first-order valence-corrected chi connectivity index (χ1v) is 6.00. The van der Waals surface area contributed by atoms with Crippen molar-refractivity contribution in [2.24, 2.45) is 0 Å². The molecule has 2 saturated heterocycles. The molecule has 0 amide bonds. The van der Waals surface area contributed by atoms with Crippen LogP contribution in [-0.2, 0) is 4.74 Å². The Hall–Kier alpha value is -0.160. The molecule has 88 valence electrons. The second kappa shape index (κ2) is 5.25. The molecule has 2 aliphatic heterocycles. The summed E-state index contributed by atoms with van der Waals surface area (Å²) in [4.78, 5) is 2.50. The van der Waals surface area contributed by atoms with Crippen LogP contribution in [0.5, 0.6) is 0 Å². The second-order valence-corrected chi connectivity index (χ2v) is 4.69. The summed E-state index contributed by atoms with van der Waals surface area (Å²) in [6, 6.07) is 0.687. The van der Waals surface area contributed by atoms with Crippen LogP contribution in [-0.4, -0.2) is 61.0 Å². The molecule has 2 N–H and O–H groups in total. The van der Waals surface area contributed by atoms with Gasteiger partial charge in [0.25, 0.3) is 0 Å². The molecule has 0 aromatic carbocycles. The van der Waals surface area contributed by atoms with Crippen LogP contribution >= 0.6 is 0 Å². The Morgan fingerprint density at radius 3 is 2.73 bits per heavy atom. The molecule has 2 atom stereocenters. The van der Waals surface area contributed by atoms with Gasteiger partial charge in [-0.1, -0.05) is 0 Å². The summed E-state index contributed by atoms with van der Waals surface area (Å²) in [6.07, 6.45) is 2.73. The fourth-order valence-electron chi connectivity index (χ4n) is 2.65. The van der Waals surface area contributed by atoms with Crippen molar-refractivity contribution in [2.45, 2.75) is 38.0 Å². The summed E-state index contributed by atoms with van der Waals surface area (Å²) >= 11 is 0. The Kier molecular flexibility index (Phi) is 3.97. The maximum Gasteiger partial charge on any atom is 0.0936 e. The molecule has 0 saturated carbocycles. The Morgan fingerprint density at radius 1 is 1.33 bits per heavy atom. The van der Waals surface area contributed by atoms with E-state index in [4.69, 9.17) is 9.84 Å². The highest BCUT2D eigenvalue weighted by Crippen LogP contribution is 2.18. The van der Waals surface area contributed by atoms with Crippen molar-refractivity contribution < 1.29 is 9.84 Å². The van der Waals surface area contributed by atoms with Gasteiger partial charge < -0.3 is 15.2 Å². The van der Waals surface area contributed by atoms with Gasteiger partial charge in [-0.05, 0) is 32.9 Å². The average molecular weight is 214 g/mol. The topological polar surface area (TPSA) is 44.7 Å². The van der Waals surface area contributed by atoms with Crippen LogP contribution in [0.25, 0.3) is 0 Å². The largest absolute Gasteiger partial charge is 0.394 e. The normalized spacial score (nSPS) is 35.6. The van der Waals surface area contributed by atoms with Crippen molar-refractivity contribution in [3.05, 3.63) is 0 Å². The van der Waals surface area contributed by atoms with E-state index < -0.39 is 0 Å². The van der Waals surface area contributed by atoms with E-state index in [9.17, 15) is 0 Å². The first-order valence-electron chi connectivity index (χ1n) is 6.00. The predicted molar refractivity (Wildman–Crippen MR) is 58.9 cm³/mol. The van der Waals surface area contributed by atoms with E-state index >= 15 is 0 Å². The Bertz CT molecular complexity index is 195. The van der Waals surface area contributed by atoms with E-state index in [-0.39, 0.29) is 18.8 Å². The van der Waals surface area contributed by atoms with Gasteiger partial charge in [-0.3, -0.25) is 4.90 Å². The molecule has 0 aromatic rings. The summed E-state index contributed by atoms with van der Waals surface area (Å²) in [6.45, 7) is 6.40. The standard InChI is InChI=1S/C11H22N2O2/c1-9-6-13(7-11(8-14)15-9)10-2-4-12-5-3-10/h9-12,14H,2-8H2,1H3. The number of aliphatic hydroxyl groups excluding tert-OH is 1. The smallest absolute Gasteiger partial charge is 0.0936 e. The molecule has 2 heterocycles. The molecule has 2 unspecified atom stereocenters. The zero-order valence-electron chi connectivity index (χ0n) is 9.48. The number of nitrogens with zero attached hydrogens (tertiary/aromatic N) is 1. The molecule has 0 radical (unpaired) electrons. The number of rotatable bonds is 2. The number of nitrogens with one attached hydrogen (secondary N) is 1. The van der Waals surface area contributed by atoms with Gasteiger partial charge in [-0.25, -0.2) is 0 Å². The van der Waals surface area contributed by atoms with E-state index in [1.54, 1.807) is 0 Å². The number of ether oxygens (including phenoxy) is 1. The minimum Gasteiger partial charge on any atom is -0.394 e. The van der Waals surface area contributed by atoms with Crippen molar-refractivity contribution in [1.82, 2.24) is 10.2 Å². The molecule has 0 spiro atoms. The van der Waals surface area contributed by atoms with Crippen LogP contribution in [0.4, 0.5) is 0 Å². The summed E-state index contributed by atoms with van der Waals surface area (Å²) in [5, 5.41) is 12.5. The lowest BCUT2D eigenvalue weighted by Gasteiger charge is -2.42. The van der Waals surface area contributed by atoms with Gasteiger partial charge in [0.2, 0.25) is 0 Å². The molecular weight excluding hydrogens is 192 g/mol. The molecule has 4 heteroatoms. The predicted octanol–water partition coefficient (Wildman–Crippen LogP) is -0.180. The van der Waals surface area contributed by atoms with Crippen molar-refractivity contribution in [1.29, 1.82) is 0 Å². The lowest BCUT2D eigenvalue weighted by atomic mass is 10.0. The third kappa shape index (κ3) is 2.91. The minimum absolute atomic E-state index is 0.0173. The first-order chi connectivity index (χ1) is 7.29. The molecule has 15 heavy (non-hydrogen) atoms. The summed E-state index contributed by atoms with van der Waals surface area (Å²) in [7, 11) is 0. The van der Waals surface area contributed by atoms with Crippen LogP contribution in [0.2, 0.25) is 0 Å². The number of hydrogen-bond acceptors (Lipinski definition) is 4. The van der Waals surface area contributed by atoms with Crippen molar-refractivity contribution in [2.75, 3.05) is 32.8 Å². The van der Waals surface area contributed by atoms with Gasteiger partial charge in [-0.2, -0.15) is 0 Å². The highest BCUT2D eigenvalue weighted by atomic mass is 16.5. The lowest BCUT2D eigenvalue weighted by Crippen LogP contribution is -2.54. The Morgan fingerprint density at radius 2 is 2.07 bits per heavy atom. The Labute approximate surface area is 91.6 Å². The van der Waals surface area contributed by atoms with Gasteiger partial charge in [-0.15, -0.1) is 0 Å². The zero-order chi connectivity index (χ0) is 10.7.